The quantitative estimate of drug-likeness (QED) is 0.909. The smallest absolute Gasteiger partial charge is 0.130 e. The first-order valence-electron chi connectivity index (χ1n) is 7.79. The van der Waals surface area contributed by atoms with E-state index in [1.165, 1.54) is 11.1 Å². The Balaban J connectivity index is 2.29. The van der Waals surface area contributed by atoms with Gasteiger partial charge in [0.2, 0.25) is 0 Å². The number of hydrogen-bond donors (Lipinski definition) is 1. The fourth-order valence-corrected chi connectivity index (χ4v) is 3.11. The maximum atomic E-state index is 6.40. The zero-order valence-electron chi connectivity index (χ0n) is 14.4. The molecule has 0 aromatic heterocycles. The van der Waals surface area contributed by atoms with Crippen LogP contribution in [-0.2, 0) is 4.74 Å². The number of benzene rings is 1. The molecule has 21 heavy (non-hydrogen) atoms. The fraction of sp³-hybridized carbons (Fsp3) is 0.667. The third-order valence-corrected chi connectivity index (χ3v) is 4.33. The van der Waals surface area contributed by atoms with Crippen LogP contribution in [0.5, 0.6) is 5.75 Å². The minimum atomic E-state index is -0.270. The first-order valence-corrected chi connectivity index (χ1v) is 7.79. The van der Waals surface area contributed by atoms with Crippen molar-refractivity contribution in [3.63, 3.8) is 0 Å². The highest BCUT2D eigenvalue weighted by Gasteiger charge is 2.47. The summed E-state index contributed by atoms with van der Waals surface area (Å²) in [4.78, 5) is 0. The van der Waals surface area contributed by atoms with Crippen molar-refractivity contribution in [2.45, 2.75) is 71.3 Å². The summed E-state index contributed by atoms with van der Waals surface area (Å²) in [6.07, 6.45) is 0.971. The normalized spacial score (nSPS) is 24.8. The minimum Gasteiger partial charge on any atom is -0.487 e. The van der Waals surface area contributed by atoms with Gasteiger partial charge in [-0.2, -0.15) is 0 Å². The lowest BCUT2D eigenvalue weighted by molar-refractivity contribution is -0.0847. The number of rotatable bonds is 4. The van der Waals surface area contributed by atoms with Crippen molar-refractivity contribution in [3.8, 4) is 5.75 Å². The molecular weight excluding hydrogens is 262 g/mol. The molecule has 1 saturated heterocycles. The molecule has 1 fully saturated rings. The Morgan fingerprint density at radius 2 is 1.95 bits per heavy atom. The Hall–Kier alpha value is -1.06. The molecule has 2 unspecified atom stereocenters. The van der Waals surface area contributed by atoms with Crippen molar-refractivity contribution in [1.29, 1.82) is 0 Å². The lowest BCUT2D eigenvalue weighted by atomic mass is 9.96. The third kappa shape index (κ3) is 3.58. The molecule has 1 aliphatic rings. The molecule has 0 saturated carbocycles. The Kier molecular flexibility index (Phi) is 4.36. The number of nitrogens with one attached hydrogen (secondary N) is 1. The lowest BCUT2D eigenvalue weighted by Crippen LogP contribution is -2.37. The summed E-state index contributed by atoms with van der Waals surface area (Å²) < 4.78 is 12.5. The van der Waals surface area contributed by atoms with E-state index in [4.69, 9.17) is 9.47 Å². The van der Waals surface area contributed by atoms with Gasteiger partial charge in [0.05, 0.1) is 5.60 Å². The van der Waals surface area contributed by atoms with Gasteiger partial charge < -0.3 is 14.8 Å². The van der Waals surface area contributed by atoms with E-state index < -0.39 is 0 Å². The van der Waals surface area contributed by atoms with Crippen LogP contribution in [0.4, 0.5) is 0 Å². The van der Waals surface area contributed by atoms with E-state index in [-0.39, 0.29) is 23.3 Å². The predicted molar refractivity (Wildman–Crippen MR) is 86.9 cm³/mol. The first kappa shape index (κ1) is 16.3. The van der Waals surface area contributed by atoms with Crippen molar-refractivity contribution in [2.24, 2.45) is 0 Å². The maximum Gasteiger partial charge on any atom is 0.130 e. The van der Waals surface area contributed by atoms with Crippen LogP contribution in [0, 0.1) is 6.92 Å². The molecule has 3 heteroatoms. The molecule has 3 nitrogen and oxygen atoms in total. The molecule has 1 heterocycles. The Bertz CT molecular complexity index is 508. The van der Waals surface area contributed by atoms with Crippen molar-refractivity contribution in [1.82, 2.24) is 5.32 Å². The van der Waals surface area contributed by atoms with E-state index in [9.17, 15) is 0 Å². The van der Waals surface area contributed by atoms with Gasteiger partial charge in [-0.1, -0.05) is 12.1 Å². The number of ether oxygens (including phenoxy) is 2. The highest BCUT2D eigenvalue weighted by Crippen LogP contribution is 2.40. The van der Waals surface area contributed by atoms with Crippen LogP contribution >= 0.6 is 0 Å². The van der Waals surface area contributed by atoms with Crippen molar-refractivity contribution < 1.29 is 9.47 Å². The van der Waals surface area contributed by atoms with E-state index in [1.54, 1.807) is 0 Å². The number of aryl methyl sites for hydroxylation is 1. The minimum absolute atomic E-state index is 0.0668. The molecule has 1 aromatic rings. The van der Waals surface area contributed by atoms with Gasteiger partial charge in [-0.05, 0) is 60.2 Å². The summed E-state index contributed by atoms with van der Waals surface area (Å²) in [5.74, 6) is 0.969. The molecule has 0 radical (unpaired) electrons. The van der Waals surface area contributed by atoms with Crippen LogP contribution in [0.2, 0.25) is 0 Å². The lowest BCUT2D eigenvalue weighted by Gasteiger charge is -2.29. The van der Waals surface area contributed by atoms with Crippen LogP contribution in [0.3, 0.4) is 0 Å². The second-order valence-corrected chi connectivity index (χ2v) is 7.33. The van der Waals surface area contributed by atoms with Gasteiger partial charge in [0.1, 0.15) is 17.5 Å². The summed E-state index contributed by atoms with van der Waals surface area (Å²) in [6.45, 7) is 12.7. The van der Waals surface area contributed by atoms with Crippen molar-refractivity contribution >= 4 is 0 Å². The molecule has 1 aliphatic heterocycles. The largest absolute Gasteiger partial charge is 0.487 e. The van der Waals surface area contributed by atoms with Crippen LogP contribution in [0.1, 0.15) is 58.2 Å². The Labute approximate surface area is 129 Å². The standard InChI is InChI=1S/C18H29NO2/c1-12-8-9-14(13(2)19-7)15(10-12)20-16-11-17(3,4)21-18(16,5)6/h8-10,13,16,19H,11H2,1-7H3. The van der Waals surface area contributed by atoms with E-state index in [0.29, 0.717) is 0 Å². The number of hydrogen-bond acceptors (Lipinski definition) is 3. The van der Waals surface area contributed by atoms with Gasteiger partial charge in [0.25, 0.3) is 0 Å². The first-order chi connectivity index (χ1) is 9.64. The monoisotopic (exact) mass is 291 g/mol. The van der Waals surface area contributed by atoms with E-state index in [2.05, 4.69) is 65.1 Å². The van der Waals surface area contributed by atoms with Gasteiger partial charge in [-0.25, -0.2) is 0 Å². The summed E-state index contributed by atoms with van der Waals surface area (Å²) in [5.41, 5.74) is 2.01. The predicted octanol–water partition coefficient (Wildman–Crippen LogP) is 4.00. The molecule has 2 rings (SSSR count). The van der Waals surface area contributed by atoms with Gasteiger partial charge in [0.15, 0.2) is 0 Å². The highest BCUT2D eigenvalue weighted by atomic mass is 16.6. The maximum absolute atomic E-state index is 6.40. The van der Waals surface area contributed by atoms with Crippen LogP contribution in [-0.4, -0.2) is 24.4 Å². The second kappa shape index (κ2) is 5.62. The molecule has 118 valence electrons. The van der Waals surface area contributed by atoms with Gasteiger partial charge in [-0.15, -0.1) is 0 Å². The van der Waals surface area contributed by atoms with E-state index in [1.807, 2.05) is 7.05 Å². The van der Waals surface area contributed by atoms with Crippen LogP contribution in [0.15, 0.2) is 18.2 Å². The van der Waals surface area contributed by atoms with E-state index in [0.717, 1.165) is 12.2 Å². The van der Waals surface area contributed by atoms with Crippen molar-refractivity contribution in [3.05, 3.63) is 29.3 Å². The second-order valence-electron chi connectivity index (χ2n) is 7.33. The van der Waals surface area contributed by atoms with Crippen LogP contribution in [0.25, 0.3) is 0 Å². The molecule has 0 bridgehead atoms. The Morgan fingerprint density at radius 3 is 2.48 bits per heavy atom. The van der Waals surface area contributed by atoms with Crippen molar-refractivity contribution in [2.75, 3.05) is 7.05 Å². The third-order valence-electron chi connectivity index (χ3n) is 4.33. The van der Waals surface area contributed by atoms with Gasteiger partial charge >= 0.3 is 0 Å². The molecular formula is C18H29NO2. The topological polar surface area (TPSA) is 30.5 Å². The molecule has 1 aromatic carbocycles. The Morgan fingerprint density at radius 1 is 1.29 bits per heavy atom. The highest BCUT2D eigenvalue weighted by molar-refractivity contribution is 5.39. The summed E-state index contributed by atoms with van der Waals surface area (Å²) in [5, 5.41) is 3.29. The zero-order valence-corrected chi connectivity index (χ0v) is 14.4. The van der Waals surface area contributed by atoms with E-state index >= 15 is 0 Å². The van der Waals surface area contributed by atoms with Gasteiger partial charge in [-0.3, -0.25) is 0 Å². The van der Waals surface area contributed by atoms with Gasteiger partial charge in [0, 0.05) is 18.0 Å². The molecule has 2 atom stereocenters. The average Bonchev–Trinajstić information content (AvgIpc) is 2.56. The molecule has 0 aliphatic carbocycles. The zero-order chi connectivity index (χ0) is 15.8. The fourth-order valence-electron chi connectivity index (χ4n) is 3.11. The summed E-state index contributed by atoms with van der Waals surface area (Å²) >= 11 is 0. The molecule has 0 amide bonds. The molecule has 0 spiro atoms. The average molecular weight is 291 g/mol. The summed E-state index contributed by atoms with van der Waals surface area (Å²) in [7, 11) is 1.97. The summed E-state index contributed by atoms with van der Waals surface area (Å²) in [6, 6.07) is 6.68. The SMILES string of the molecule is CNC(C)c1ccc(C)cc1OC1CC(C)(C)OC1(C)C. The molecule has 1 N–H and O–H groups in total. The van der Waals surface area contributed by atoms with Crippen LogP contribution < -0.4 is 10.1 Å².